The number of benzene rings is 3. The van der Waals surface area contributed by atoms with E-state index in [0.29, 0.717) is 17.9 Å². The number of fused-ring (bicyclic) bond motifs is 1. The Balaban J connectivity index is 1.36. The number of rotatable bonds is 6. The van der Waals surface area contributed by atoms with E-state index in [1.54, 1.807) is 6.92 Å². The summed E-state index contributed by atoms with van der Waals surface area (Å²) in [6, 6.07) is 22.1. The van der Waals surface area contributed by atoms with E-state index in [1.165, 1.54) is 22.9 Å². The van der Waals surface area contributed by atoms with Crippen LogP contribution in [0.4, 0.5) is 10.1 Å². The SMILES string of the molecule is Cc1nnnn1-c1cc(NC(=O)CCc2nc3ccccc3n2-c2ccccc2)ccc1F. The van der Waals surface area contributed by atoms with Crippen molar-refractivity contribution in [2.24, 2.45) is 0 Å². The largest absolute Gasteiger partial charge is 0.326 e. The van der Waals surface area contributed by atoms with Gasteiger partial charge in [0.05, 0.1) is 11.0 Å². The van der Waals surface area contributed by atoms with Gasteiger partial charge < -0.3 is 5.32 Å². The van der Waals surface area contributed by atoms with Crippen molar-refractivity contribution in [3.8, 4) is 11.4 Å². The van der Waals surface area contributed by atoms with Crippen molar-refractivity contribution in [3.63, 3.8) is 0 Å². The summed E-state index contributed by atoms with van der Waals surface area (Å²) < 4.78 is 17.6. The van der Waals surface area contributed by atoms with Crippen LogP contribution in [0.5, 0.6) is 0 Å². The average Bonchev–Trinajstić information content (AvgIpc) is 3.42. The number of aryl methyl sites for hydroxylation is 2. The van der Waals surface area contributed by atoms with E-state index in [-0.39, 0.29) is 18.0 Å². The van der Waals surface area contributed by atoms with E-state index < -0.39 is 5.82 Å². The van der Waals surface area contributed by atoms with Crippen LogP contribution >= 0.6 is 0 Å². The summed E-state index contributed by atoms with van der Waals surface area (Å²) in [6.07, 6.45) is 0.655. The summed E-state index contributed by atoms with van der Waals surface area (Å²) in [5.74, 6) is 0.548. The fraction of sp³-hybridized carbons (Fsp3) is 0.125. The lowest BCUT2D eigenvalue weighted by molar-refractivity contribution is -0.116. The Bertz CT molecular complexity index is 1440. The zero-order valence-corrected chi connectivity index (χ0v) is 17.8. The molecule has 0 spiro atoms. The van der Waals surface area contributed by atoms with Gasteiger partial charge in [0.1, 0.15) is 17.3 Å². The first kappa shape index (κ1) is 20.5. The lowest BCUT2D eigenvalue weighted by Gasteiger charge is -2.10. The molecule has 2 heterocycles. The molecule has 0 aliphatic carbocycles. The molecule has 0 radical (unpaired) electrons. The van der Waals surface area contributed by atoms with Gasteiger partial charge in [-0.1, -0.05) is 30.3 Å². The predicted molar refractivity (Wildman–Crippen MR) is 122 cm³/mol. The molecule has 0 unspecified atom stereocenters. The normalized spacial score (nSPS) is 11.1. The predicted octanol–water partition coefficient (Wildman–Crippen LogP) is 4.02. The maximum Gasteiger partial charge on any atom is 0.224 e. The Kier molecular flexibility index (Phi) is 5.35. The zero-order chi connectivity index (χ0) is 22.8. The molecule has 0 saturated heterocycles. The Labute approximate surface area is 188 Å². The van der Waals surface area contributed by atoms with Crippen LogP contribution in [0.25, 0.3) is 22.4 Å². The first-order valence-corrected chi connectivity index (χ1v) is 10.5. The molecule has 3 aromatic carbocycles. The van der Waals surface area contributed by atoms with Crippen molar-refractivity contribution < 1.29 is 9.18 Å². The molecule has 0 saturated carbocycles. The Morgan fingerprint density at radius 2 is 1.82 bits per heavy atom. The summed E-state index contributed by atoms with van der Waals surface area (Å²) in [4.78, 5) is 17.5. The van der Waals surface area contributed by atoms with E-state index in [9.17, 15) is 9.18 Å². The number of nitrogens with zero attached hydrogens (tertiary/aromatic N) is 6. The number of tetrazole rings is 1. The Hall–Kier alpha value is -4.40. The number of carbonyl (C=O) groups is 1. The molecule has 5 aromatic rings. The number of hydrogen-bond acceptors (Lipinski definition) is 5. The highest BCUT2D eigenvalue weighted by Gasteiger charge is 2.15. The standard InChI is InChI=1S/C24H20FN7O/c1-16-28-29-30-32(16)22-15-17(11-12-19(22)25)26-24(33)14-13-23-27-20-9-5-6-10-21(20)31(23)18-7-3-2-4-8-18/h2-12,15H,13-14H2,1H3,(H,26,33). The van der Waals surface area contributed by atoms with Gasteiger partial charge in [0, 0.05) is 24.2 Å². The number of carbonyl (C=O) groups excluding carboxylic acids is 1. The van der Waals surface area contributed by atoms with Crippen molar-refractivity contribution in [3.05, 3.63) is 90.3 Å². The van der Waals surface area contributed by atoms with Crippen LogP contribution in [0.1, 0.15) is 18.1 Å². The summed E-state index contributed by atoms with van der Waals surface area (Å²) in [5, 5.41) is 13.9. The van der Waals surface area contributed by atoms with Gasteiger partial charge in [-0.25, -0.2) is 9.37 Å². The van der Waals surface area contributed by atoms with Gasteiger partial charge in [0.25, 0.3) is 0 Å². The number of para-hydroxylation sites is 3. The van der Waals surface area contributed by atoms with Crippen molar-refractivity contribution >= 4 is 22.6 Å². The topological polar surface area (TPSA) is 90.5 Å². The number of aromatic nitrogens is 6. The van der Waals surface area contributed by atoms with Crippen LogP contribution in [0, 0.1) is 12.7 Å². The molecule has 5 rings (SSSR count). The Morgan fingerprint density at radius 1 is 1.03 bits per heavy atom. The third-order valence-corrected chi connectivity index (χ3v) is 5.30. The third-order valence-electron chi connectivity index (χ3n) is 5.30. The average molecular weight is 441 g/mol. The fourth-order valence-corrected chi connectivity index (χ4v) is 3.76. The molecule has 1 N–H and O–H groups in total. The van der Waals surface area contributed by atoms with E-state index in [0.717, 1.165) is 22.5 Å². The van der Waals surface area contributed by atoms with Crippen LogP contribution < -0.4 is 5.32 Å². The smallest absolute Gasteiger partial charge is 0.224 e. The minimum atomic E-state index is -0.486. The minimum absolute atomic E-state index is 0.168. The lowest BCUT2D eigenvalue weighted by atomic mass is 10.2. The lowest BCUT2D eigenvalue weighted by Crippen LogP contribution is -2.14. The quantitative estimate of drug-likeness (QED) is 0.430. The van der Waals surface area contributed by atoms with Gasteiger partial charge in [0.15, 0.2) is 5.82 Å². The molecule has 33 heavy (non-hydrogen) atoms. The van der Waals surface area contributed by atoms with Gasteiger partial charge >= 0.3 is 0 Å². The van der Waals surface area contributed by atoms with E-state index >= 15 is 0 Å². The van der Waals surface area contributed by atoms with Gasteiger partial charge in [-0.05, 0) is 59.8 Å². The van der Waals surface area contributed by atoms with Crippen LogP contribution in [0.3, 0.4) is 0 Å². The molecule has 0 fully saturated rings. The molecule has 0 aliphatic rings. The van der Waals surface area contributed by atoms with Crippen molar-refractivity contribution in [1.82, 2.24) is 29.8 Å². The molecule has 164 valence electrons. The first-order chi connectivity index (χ1) is 16.1. The van der Waals surface area contributed by atoms with Crippen LogP contribution in [0.15, 0.2) is 72.8 Å². The number of amides is 1. The van der Waals surface area contributed by atoms with Crippen molar-refractivity contribution in [2.75, 3.05) is 5.32 Å². The van der Waals surface area contributed by atoms with E-state index in [1.807, 2.05) is 54.6 Å². The summed E-state index contributed by atoms with van der Waals surface area (Å²) in [5.41, 5.74) is 3.47. The Morgan fingerprint density at radius 3 is 2.61 bits per heavy atom. The molecular weight excluding hydrogens is 421 g/mol. The van der Waals surface area contributed by atoms with Gasteiger partial charge in [-0.15, -0.1) is 5.10 Å². The highest BCUT2D eigenvalue weighted by atomic mass is 19.1. The fourth-order valence-electron chi connectivity index (χ4n) is 3.76. The van der Waals surface area contributed by atoms with Crippen molar-refractivity contribution in [1.29, 1.82) is 0 Å². The van der Waals surface area contributed by atoms with Crippen LogP contribution in [-0.2, 0) is 11.2 Å². The molecule has 8 nitrogen and oxygen atoms in total. The highest BCUT2D eigenvalue weighted by molar-refractivity contribution is 5.91. The highest BCUT2D eigenvalue weighted by Crippen LogP contribution is 2.23. The second kappa shape index (κ2) is 8.62. The van der Waals surface area contributed by atoms with Gasteiger partial charge in [-0.2, -0.15) is 4.68 Å². The number of imidazole rings is 1. The van der Waals surface area contributed by atoms with Gasteiger partial charge in [-0.3, -0.25) is 9.36 Å². The van der Waals surface area contributed by atoms with Crippen molar-refractivity contribution in [2.45, 2.75) is 19.8 Å². The number of hydrogen-bond donors (Lipinski definition) is 1. The molecule has 1 amide bonds. The molecular formula is C24H20FN7O. The van der Waals surface area contributed by atoms with E-state index in [4.69, 9.17) is 4.98 Å². The third kappa shape index (κ3) is 4.08. The van der Waals surface area contributed by atoms with Crippen LogP contribution in [-0.4, -0.2) is 35.7 Å². The second-order valence-electron chi connectivity index (χ2n) is 7.54. The number of halogens is 1. The van der Waals surface area contributed by atoms with Gasteiger partial charge in [0.2, 0.25) is 5.91 Å². The minimum Gasteiger partial charge on any atom is -0.326 e. The molecule has 0 atom stereocenters. The molecule has 0 bridgehead atoms. The van der Waals surface area contributed by atoms with E-state index in [2.05, 4.69) is 25.4 Å². The molecule has 0 aliphatic heterocycles. The van der Waals surface area contributed by atoms with Crippen LogP contribution in [0.2, 0.25) is 0 Å². The maximum absolute atomic E-state index is 14.3. The first-order valence-electron chi connectivity index (χ1n) is 10.5. The maximum atomic E-state index is 14.3. The summed E-state index contributed by atoms with van der Waals surface area (Å²) in [7, 11) is 0. The number of anilines is 1. The number of nitrogens with one attached hydrogen (secondary N) is 1. The molecule has 2 aromatic heterocycles. The zero-order valence-electron chi connectivity index (χ0n) is 17.8. The monoisotopic (exact) mass is 441 g/mol. The molecule has 9 heteroatoms. The second-order valence-corrected chi connectivity index (χ2v) is 7.54. The summed E-state index contributed by atoms with van der Waals surface area (Å²) >= 11 is 0. The summed E-state index contributed by atoms with van der Waals surface area (Å²) in [6.45, 7) is 1.67.